The molecule has 24 nitrogen and oxygen atoms in total. The molecule has 10 atom stereocenters. The number of imidazole rings is 1. The van der Waals surface area contributed by atoms with Crippen LogP contribution in [-0.4, -0.2) is 133 Å². The number of nitrogen functional groups attached to an aromatic ring is 1. The van der Waals surface area contributed by atoms with Gasteiger partial charge in [-0.3, -0.25) is 23.2 Å². The predicted molar refractivity (Wildman–Crippen MR) is 160 cm³/mol. The highest BCUT2D eigenvalue weighted by atomic mass is 31.3. The molecule has 0 saturated carbocycles. The van der Waals surface area contributed by atoms with Crippen molar-refractivity contribution in [1.29, 1.82) is 0 Å². The number of nitrogens with zero attached hydrogens (tertiary/aromatic N) is 5. The molecule has 2 fully saturated rings. The molecular weight excluding hydrogens is 720 g/mol. The summed E-state index contributed by atoms with van der Waals surface area (Å²) in [5.74, 6) is -2.86. The van der Waals surface area contributed by atoms with E-state index >= 15 is 0 Å². The number of carboxylic acids is 1. The van der Waals surface area contributed by atoms with E-state index in [9.17, 15) is 53.7 Å². The van der Waals surface area contributed by atoms with Crippen molar-refractivity contribution in [2.45, 2.75) is 62.4 Å². The Labute approximate surface area is 280 Å². The number of hydrogen-bond donors (Lipinski definition) is 9. The van der Waals surface area contributed by atoms with E-state index in [2.05, 4.69) is 19.3 Å². The summed E-state index contributed by atoms with van der Waals surface area (Å²) in [6.45, 7) is -0.783. The van der Waals surface area contributed by atoms with Gasteiger partial charge < -0.3 is 61.2 Å². The largest absolute Gasteiger partial charge is 0.481 e. The minimum Gasteiger partial charge on any atom is -0.476 e. The fraction of sp³-hybridized carbons (Fsp3) is 0.500. The van der Waals surface area contributed by atoms with Crippen LogP contribution in [0.5, 0.6) is 0 Å². The van der Waals surface area contributed by atoms with Gasteiger partial charge >= 0.3 is 21.6 Å². The molecule has 0 bridgehead atoms. The Bertz CT molecular complexity index is 1740. The third kappa shape index (κ3) is 9.13. The number of Topliss-reactive ketones (excluding diaryl/α,β-unsaturated/α-hetero) is 1. The molecular formula is C24H33N7O17P2. The van der Waals surface area contributed by atoms with Crippen molar-refractivity contribution in [2.75, 3.05) is 18.9 Å². The summed E-state index contributed by atoms with van der Waals surface area (Å²) in [6.07, 6.45) is -4.88. The average Bonchev–Trinajstić information content (AvgIpc) is 3.69. The van der Waals surface area contributed by atoms with Gasteiger partial charge in [0.25, 0.3) is 0 Å². The number of ether oxygens (including phenoxy) is 2. The highest BCUT2D eigenvalue weighted by molar-refractivity contribution is 7.61. The molecule has 26 heteroatoms. The highest BCUT2D eigenvalue weighted by Gasteiger charge is 2.48. The number of carboxylic acid groups (broad SMARTS) is 1. The summed E-state index contributed by atoms with van der Waals surface area (Å²) in [6, 6.07) is 0. The number of nitrogens with two attached hydrogens (primary N) is 2. The number of ketones is 1. The molecule has 0 radical (unpaired) electrons. The topological polar surface area (TPSA) is 372 Å². The fourth-order valence-corrected chi connectivity index (χ4v) is 6.77. The number of carbonyl (C=O) groups is 3. The lowest BCUT2D eigenvalue weighted by Crippen LogP contribution is -2.40. The molecule has 3 aliphatic rings. The van der Waals surface area contributed by atoms with E-state index in [1.54, 1.807) is 6.08 Å². The Morgan fingerprint density at radius 2 is 1.48 bits per heavy atom. The molecule has 11 N–H and O–H groups in total. The van der Waals surface area contributed by atoms with Gasteiger partial charge in [-0.2, -0.15) is 4.31 Å². The molecule has 0 aliphatic carbocycles. The minimum atomic E-state index is -5.37. The molecule has 5 rings (SSSR count). The van der Waals surface area contributed by atoms with E-state index in [-0.39, 0.29) is 29.0 Å². The predicted octanol–water partition coefficient (Wildman–Crippen LogP) is -3.03. The molecule has 0 spiro atoms. The van der Waals surface area contributed by atoms with Gasteiger partial charge in [-0.1, -0.05) is 6.08 Å². The van der Waals surface area contributed by atoms with Crippen molar-refractivity contribution in [3.8, 4) is 0 Å². The number of aromatic nitrogens is 4. The lowest BCUT2D eigenvalue weighted by molar-refractivity contribution is -0.148. The second-order valence-electron chi connectivity index (χ2n) is 10.7. The number of fused-ring (bicyclic) bond motifs is 1. The number of carbonyl (C=O) groups excluding carboxylic acids is 2. The number of amides is 1. The molecule has 5 heterocycles. The molecule has 2 aromatic heterocycles. The summed E-state index contributed by atoms with van der Waals surface area (Å²) >= 11 is 0. The van der Waals surface area contributed by atoms with Crippen molar-refractivity contribution in [3.63, 3.8) is 0 Å². The maximum atomic E-state index is 12.4. The third-order valence-electron chi connectivity index (χ3n) is 7.18. The number of phosphoric ester groups is 2. The Balaban J connectivity index is 0.000000860. The first-order chi connectivity index (χ1) is 23.3. The van der Waals surface area contributed by atoms with E-state index in [0.717, 1.165) is 13.3 Å². The number of aliphatic hydroxyl groups is 4. The van der Waals surface area contributed by atoms with Crippen molar-refractivity contribution in [1.82, 2.24) is 24.4 Å². The summed E-state index contributed by atoms with van der Waals surface area (Å²) in [4.78, 5) is 63.5. The molecule has 2 unspecified atom stereocenters. The molecule has 2 saturated heterocycles. The summed E-state index contributed by atoms with van der Waals surface area (Å²) < 4.78 is 50.8. The van der Waals surface area contributed by atoms with Crippen LogP contribution >= 0.6 is 15.6 Å². The first kappa shape index (κ1) is 39.1. The number of aliphatic carboxylic acids is 1. The van der Waals surface area contributed by atoms with Gasteiger partial charge in [-0.05, 0) is 6.42 Å². The van der Waals surface area contributed by atoms with E-state index in [0.29, 0.717) is 0 Å². The van der Waals surface area contributed by atoms with Gasteiger partial charge in [-0.15, -0.1) is 0 Å². The Morgan fingerprint density at radius 3 is 2.02 bits per heavy atom. The Kier molecular flexibility index (Phi) is 12.2. The van der Waals surface area contributed by atoms with Crippen LogP contribution in [0, 0.1) is 0 Å². The van der Waals surface area contributed by atoms with E-state index < -0.39 is 95.6 Å². The van der Waals surface area contributed by atoms with Gasteiger partial charge in [0.1, 0.15) is 48.5 Å². The van der Waals surface area contributed by atoms with Crippen molar-refractivity contribution in [2.24, 2.45) is 5.73 Å². The van der Waals surface area contributed by atoms with Gasteiger partial charge in [0.05, 0.1) is 19.5 Å². The minimum absolute atomic E-state index is 0.0517. The van der Waals surface area contributed by atoms with Gasteiger partial charge in [0.2, 0.25) is 11.7 Å². The van der Waals surface area contributed by atoms with E-state index in [1.165, 1.54) is 28.2 Å². The lowest BCUT2D eigenvalue weighted by atomic mass is 10.1. The zero-order chi connectivity index (χ0) is 37.1. The van der Waals surface area contributed by atoms with Crippen LogP contribution in [0.3, 0.4) is 0 Å². The number of phosphoric acid groups is 2. The molecule has 3 aliphatic heterocycles. The number of hydrogen-bond acceptors (Lipinski definition) is 19. The quantitative estimate of drug-likeness (QED) is 0.0769. The SMILES string of the molecule is CC(=O)C(=O)O.NC(=O)C1=CN([C@@H]2O[C@H](COP(=O)(O)OP(=O)(O)OC[C@H]3O[C@@H](n4cnc5c(N)ncnc54)[C@H](O)[C@@H]3O)[C@@H](O)[C@H]2O)C=CC1. The molecule has 2 aromatic rings. The first-order valence-corrected chi connectivity index (χ1v) is 17.1. The normalized spacial score (nSPS) is 30.2. The summed E-state index contributed by atoms with van der Waals surface area (Å²) in [5, 5.41) is 49.3. The molecule has 276 valence electrons. The van der Waals surface area contributed by atoms with Crippen molar-refractivity contribution in [3.05, 3.63) is 36.7 Å². The Hall–Kier alpha value is -3.74. The number of anilines is 1. The summed E-state index contributed by atoms with van der Waals surface area (Å²) in [5.41, 5.74) is 11.6. The molecule has 50 heavy (non-hydrogen) atoms. The third-order valence-corrected chi connectivity index (χ3v) is 9.78. The zero-order valence-corrected chi connectivity index (χ0v) is 27.4. The fourth-order valence-electron chi connectivity index (χ4n) is 4.68. The van der Waals surface area contributed by atoms with E-state index in [1.807, 2.05) is 0 Å². The van der Waals surface area contributed by atoms with Crippen molar-refractivity contribution >= 4 is 50.3 Å². The summed E-state index contributed by atoms with van der Waals surface area (Å²) in [7, 11) is -10.7. The molecule has 0 aromatic carbocycles. The number of allylic oxidation sites excluding steroid dienone is 1. The standard InChI is InChI=1S/C21H29N7O14P2.C3H4O3/c22-17-12-19(25-7-24-17)28(8-26-12)21-16(32)14(30)11(41-21)6-39-44(36,37)42-43(34,35)38-5-10-13(29)15(31)20(40-10)27-3-1-2-9(4-27)18(23)33;1-2(4)3(5)6/h1,3-4,7-8,10-11,13-16,20-21,29-32H,2,5-6H2,(H2,23,33)(H,34,35)(H,36,37)(H2,22,24,25);1H3,(H,5,6)/t10-,11-,13-,14-,15-,16-,20-,21-;/m1./s1. The lowest BCUT2D eigenvalue weighted by Gasteiger charge is -2.28. The van der Waals surface area contributed by atoms with Crippen molar-refractivity contribution < 1.29 is 81.7 Å². The maximum Gasteiger partial charge on any atom is 0.481 e. The highest BCUT2D eigenvalue weighted by Crippen LogP contribution is 2.60. The van der Waals surface area contributed by atoms with Crippen LogP contribution in [0.1, 0.15) is 19.6 Å². The monoisotopic (exact) mass is 753 g/mol. The second-order valence-corrected chi connectivity index (χ2v) is 13.7. The van der Waals surface area contributed by atoms with E-state index in [4.69, 9.17) is 35.1 Å². The first-order valence-electron chi connectivity index (χ1n) is 14.1. The van der Waals surface area contributed by atoms with Gasteiger partial charge in [0, 0.05) is 24.9 Å². The van der Waals surface area contributed by atoms with Crippen LogP contribution in [0.4, 0.5) is 5.82 Å². The molecule has 1 amide bonds. The van der Waals surface area contributed by atoms with Crippen LogP contribution < -0.4 is 11.5 Å². The average molecular weight is 754 g/mol. The van der Waals surface area contributed by atoms with Crippen LogP contribution in [0.25, 0.3) is 11.2 Å². The number of primary amides is 1. The van der Waals surface area contributed by atoms with Crippen LogP contribution in [0.15, 0.2) is 36.7 Å². The number of aliphatic hydroxyl groups excluding tert-OH is 4. The Morgan fingerprint density at radius 1 is 0.940 bits per heavy atom. The van der Waals surface area contributed by atoms with Gasteiger partial charge in [-0.25, -0.2) is 28.9 Å². The maximum absolute atomic E-state index is 12.4. The van der Waals surface area contributed by atoms with Crippen LogP contribution in [-0.2, 0) is 46.3 Å². The number of rotatable bonds is 12. The second kappa shape index (κ2) is 15.7. The zero-order valence-electron chi connectivity index (χ0n) is 25.6. The van der Waals surface area contributed by atoms with Gasteiger partial charge in [0.15, 0.2) is 23.9 Å². The van der Waals surface area contributed by atoms with Crippen LogP contribution in [0.2, 0.25) is 0 Å². The smallest absolute Gasteiger partial charge is 0.476 e.